The molecular weight excluding hydrogens is 240 g/mol. The van der Waals surface area contributed by atoms with Crippen LogP contribution in [0.1, 0.15) is 46.7 Å². The van der Waals surface area contributed by atoms with Gasteiger partial charge < -0.3 is 15.7 Å². The number of nitrogens with zero attached hydrogens (tertiary/aromatic N) is 1. The fraction of sp³-hybridized carbons (Fsp3) is 0.533. The van der Waals surface area contributed by atoms with Crippen molar-refractivity contribution in [2.24, 2.45) is 5.73 Å². The molecule has 0 bridgehead atoms. The first-order valence-electron chi connectivity index (χ1n) is 6.21. The lowest BCUT2D eigenvalue weighted by Gasteiger charge is -2.33. The van der Waals surface area contributed by atoms with Gasteiger partial charge in [-0.25, -0.2) is 0 Å². The van der Waals surface area contributed by atoms with E-state index in [1.165, 1.54) is 12.1 Å². The van der Waals surface area contributed by atoms with Gasteiger partial charge in [0, 0.05) is 12.1 Å². The van der Waals surface area contributed by atoms with Crippen LogP contribution in [0.15, 0.2) is 24.3 Å². The molecule has 0 radical (unpaired) electrons. The highest BCUT2D eigenvalue weighted by atomic mass is 16.3. The molecule has 0 aliphatic heterocycles. The molecule has 0 saturated carbocycles. The molecule has 1 atom stereocenters. The fourth-order valence-corrected chi connectivity index (χ4v) is 2.09. The van der Waals surface area contributed by atoms with Gasteiger partial charge in [-0.1, -0.05) is 19.6 Å². The molecular formula is C15H26N2O2. The zero-order valence-corrected chi connectivity index (χ0v) is 11.4. The Morgan fingerprint density at radius 2 is 1.53 bits per heavy atom. The van der Waals surface area contributed by atoms with Gasteiger partial charge in [-0.05, 0) is 45.4 Å². The summed E-state index contributed by atoms with van der Waals surface area (Å²) in [5, 5.41) is 9.23. The van der Waals surface area contributed by atoms with Crippen LogP contribution in [0.5, 0.6) is 5.75 Å². The van der Waals surface area contributed by atoms with Gasteiger partial charge in [0.05, 0.1) is 0 Å². The van der Waals surface area contributed by atoms with Crippen molar-refractivity contribution in [3.05, 3.63) is 29.8 Å². The summed E-state index contributed by atoms with van der Waals surface area (Å²) in [6.45, 7) is 7.89. The van der Waals surface area contributed by atoms with E-state index in [-0.39, 0.29) is 31.2 Å². The molecule has 0 aromatic heterocycles. The van der Waals surface area contributed by atoms with Gasteiger partial charge >= 0.3 is 0 Å². The SMILES string of the molecule is C.CC(C)N(C(=O)[C@H](N)c1ccc(O)cc1)C(C)C. The zero-order valence-electron chi connectivity index (χ0n) is 11.4. The monoisotopic (exact) mass is 266 g/mol. The largest absolute Gasteiger partial charge is 0.508 e. The Morgan fingerprint density at radius 3 is 1.89 bits per heavy atom. The van der Waals surface area contributed by atoms with Crippen molar-refractivity contribution in [2.45, 2.75) is 53.2 Å². The summed E-state index contributed by atoms with van der Waals surface area (Å²) in [5.74, 6) is 0.0775. The van der Waals surface area contributed by atoms with Crippen molar-refractivity contribution in [3.8, 4) is 5.75 Å². The zero-order chi connectivity index (χ0) is 13.9. The highest BCUT2D eigenvalue weighted by Gasteiger charge is 2.26. The number of nitrogens with two attached hydrogens (primary N) is 1. The highest BCUT2D eigenvalue weighted by Crippen LogP contribution is 2.19. The maximum Gasteiger partial charge on any atom is 0.244 e. The number of amides is 1. The minimum Gasteiger partial charge on any atom is -0.508 e. The standard InChI is InChI=1S/C14H22N2O2.CH4/c1-9(2)16(10(3)4)14(18)13(15)11-5-7-12(17)8-6-11;/h5-10,13,17H,15H2,1-4H3;1H4/t13-;/m1./s1. The summed E-state index contributed by atoms with van der Waals surface area (Å²) in [6, 6.07) is 5.97. The van der Waals surface area contributed by atoms with Crippen LogP contribution < -0.4 is 5.73 Å². The molecule has 0 unspecified atom stereocenters. The number of carbonyl (C=O) groups excluding carboxylic acids is 1. The normalized spacial score (nSPS) is 12.2. The highest BCUT2D eigenvalue weighted by molar-refractivity contribution is 5.83. The first kappa shape index (κ1) is 17.4. The molecule has 1 aromatic rings. The average Bonchev–Trinajstić information content (AvgIpc) is 2.28. The Kier molecular flexibility index (Phi) is 6.56. The third-order valence-electron chi connectivity index (χ3n) is 2.89. The number of phenols is 1. The van der Waals surface area contributed by atoms with Gasteiger partial charge in [0.2, 0.25) is 5.91 Å². The summed E-state index contributed by atoms with van der Waals surface area (Å²) < 4.78 is 0. The summed E-state index contributed by atoms with van der Waals surface area (Å²) >= 11 is 0. The first-order valence-corrected chi connectivity index (χ1v) is 6.21. The smallest absolute Gasteiger partial charge is 0.244 e. The Labute approximate surface area is 116 Å². The van der Waals surface area contributed by atoms with E-state index in [0.717, 1.165) is 0 Å². The van der Waals surface area contributed by atoms with E-state index in [2.05, 4.69) is 0 Å². The van der Waals surface area contributed by atoms with Crippen LogP contribution in [0, 0.1) is 0 Å². The van der Waals surface area contributed by atoms with E-state index >= 15 is 0 Å². The Morgan fingerprint density at radius 1 is 1.11 bits per heavy atom. The Balaban J connectivity index is 0.00000324. The lowest BCUT2D eigenvalue weighted by atomic mass is 10.0. The molecule has 0 aliphatic rings. The molecule has 0 aliphatic carbocycles. The van der Waals surface area contributed by atoms with Crippen LogP contribution in [-0.2, 0) is 4.79 Å². The molecule has 1 rings (SSSR count). The Bertz CT molecular complexity index is 391. The maximum atomic E-state index is 12.3. The van der Waals surface area contributed by atoms with Gasteiger partial charge in [0.25, 0.3) is 0 Å². The Hall–Kier alpha value is -1.55. The van der Waals surface area contributed by atoms with Gasteiger partial charge in [-0.15, -0.1) is 0 Å². The second-order valence-electron chi connectivity index (χ2n) is 5.00. The predicted octanol–water partition coefficient (Wildman–Crippen LogP) is 2.67. The van der Waals surface area contributed by atoms with Crippen LogP contribution in [0.25, 0.3) is 0 Å². The molecule has 3 N–H and O–H groups in total. The van der Waals surface area contributed by atoms with Crippen molar-refractivity contribution in [1.82, 2.24) is 4.90 Å². The third kappa shape index (κ3) is 4.24. The molecule has 0 fully saturated rings. The molecule has 0 spiro atoms. The topological polar surface area (TPSA) is 66.6 Å². The lowest BCUT2D eigenvalue weighted by molar-refractivity contribution is -0.136. The summed E-state index contributed by atoms with van der Waals surface area (Å²) in [5.41, 5.74) is 6.70. The molecule has 1 amide bonds. The van der Waals surface area contributed by atoms with Crippen molar-refractivity contribution in [3.63, 3.8) is 0 Å². The number of phenolic OH excluding ortho intramolecular Hbond substituents is 1. The molecule has 108 valence electrons. The quantitative estimate of drug-likeness (QED) is 0.880. The van der Waals surface area contributed by atoms with Crippen LogP contribution in [0.4, 0.5) is 0 Å². The van der Waals surface area contributed by atoms with E-state index in [1.54, 1.807) is 17.0 Å². The van der Waals surface area contributed by atoms with E-state index in [9.17, 15) is 9.90 Å². The van der Waals surface area contributed by atoms with Crippen molar-refractivity contribution in [2.75, 3.05) is 0 Å². The molecule has 4 heteroatoms. The predicted molar refractivity (Wildman–Crippen MR) is 78.9 cm³/mol. The second kappa shape index (κ2) is 7.14. The molecule has 4 nitrogen and oxygen atoms in total. The van der Waals surface area contributed by atoms with E-state index in [0.29, 0.717) is 5.56 Å². The van der Waals surface area contributed by atoms with Crippen molar-refractivity contribution >= 4 is 5.91 Å². The summed E-state index contributed by atoms with van der Waals surface area (Å²) in [6.07, 6.45) is 0. The van der Waals surface area contributed by atoms with Crippen LogP contribution in [0.3, 0.4) is 0 Å². The minimum absolute atomic E-state index is 0. The van der Waals surface area contributed by atoms with E-state index in [1.807, 2.05) is 27.7 Å². The van der Waals surface area contributed by atoms with Crippen LogP contribution >= 0.6 is 0 Å². The number of rotatable bonds is 4. The van der Waals surface area contributed by atoms with Crippen LogP contribution in [-0.4, -0.2) is 28.0 Å². The number of benzene rings is 1. The maximum absolute atomic E-state index is 12.3. The number of hydrogen-bond acceptors (Lipinski definition) is 3. The van der Waals surface area contributed by atoms with Gasteiger partial charge in [0.15, 0.2) is 0 Å². The number of carbonyl (C=O) groups is 1. The molecule has 0 saturated heterocycles. The van der Waals surface area contributed by atoms with Crippen molar-refractivity contribution in [1.29, 1.82) is 0 Å². The average molecular weight is 266 g/mol. The third-order valence-corrected chi connectivity index (χ3v) is 2.89. The molecule has 19 heavy (non-hydrogen) atoms. The molecule has 0 heterocycles. The number of aromatic hydroxyl groups is 1. The van der Waals surface area contributed by atoms with Gasteiger partial charge in [0.1, 0.15) is 11.8 Å². The molecule has 1 aromatic carbocycles. The minimum atomic E-state index is -0.685. The van der Waals surface area contributed by atoms with E-state index < -0.39 is 6.04 Å². The lowest BCUT2D eigenvalue weighted by Crippen LogP contribution is -2.46. The van der Waals surface area contributed by atoms with Gasteiger partial charge in [-0.2, -0.15) is 0 Å². The van der Waals surface area contributed by atoms with Gasteiger partial charge in [-0.3, -0.25) is 4.79 Å². The fourth-order valence-electron chi connectivity index (χ4n) is 2.09. The van der Waals surface area contributed by atoms with Crippen LogP contribution in [0.2, 0.25) is 0 Å². The first-order chi connectivity index (χ1) is 8.34. The summed E-state index contributed by atoms with van der Waals surface area (Å²) in [4.78, 5) is 14.1. The summed E-state index contributed by atoms with van der Waals surface area (Å²) in [7, 11) is 0. The van der Waals surface area contributed by atoms with E-state index in [4.69, 9.17) is 5.73 Å². The number of hydrogen-bond donors (Lipinski definition) is 2. The second-order valence-corrected chi connectivity index (χ2v) is 5.00. The van der Waals surface area contributed by atoms with Crippen molar-refractivity contribution < 1.29 is 9.90 Å².